The molecule has 1 heterocycles. The highest BCUT2D eigenvalue weighted by atomic mass is 32.2. The van der Waals surface area contributed by atoms with Crippen molar-refractivity contribution in [1.82, 2.24) is 4.31 Å². The molecule has 0 spiro atoms. The third-order valence-electron chi connectivity index (χ3n) is 4.65. The lowest BCUT2D eigenvalue weighted by Crippen LogP contribution is -2.41. The molecular formula is C20H25NO4S. The molecule has 5 nitrogen and oxygen atoms in total. The van der Waals surface area contributed by atoms with E-state index >= 15 is 0 Å². The van der Waals surface area contributed by atoms with Gasteiger partial charge in [0.2, 0.25) is 10.0 Å². The largest absolute Gasteiger partial charge is 0.491 e. The maximum Gasteiger partial charge on any atom is 0.243 e. The Labute approximate surface area is 155 Å². The smallest absolute Gasteiger partial charge is 0.243 e. The number of benzene rings is 2. The summed E-state index contributed by atoms with van der Waals surface area (Å²) in [6.45, 7) is 5.81. The highest BCUT2D eigenvalue weighted by Gasteiger charge is 2.36. The molecule has 3 rings (SSSR count). The molecule has 140 valence electrons. The second-order valence-electron chi connectivity index (χ2n) is 6.86. The van der Waals surface area contributed by atoms with Gasteiger partial charge in [-0.25, -0.2) is 8.42 Å². The van der Waals surface area contributed by atoms with Crippen LogP contribution in [-0.4, -0.2) is 37.1 Å². The zero-order valence-electron chi connectivity index (χ0n) is 15.3. The summed E-state index contributed by atoms with van der Waals surface area (Å²) in [5.74, 6) is 0.682. The Hall–Kier alpha value is -1.89. The number of hydrogen-bond donors (Lipinski definition) is 1. The topological polar surface area (TPSA) is 66.8 Å². The van der Waals surface area contributed by atoms with Crippen molar-refractivity contribution in [3.05, 3.63) is 59.2 Å². The van der Waals surface area contributed by atoms with Crippen molar-refractivity contribution >= 4 is 10.0 Å². The predicted octanol–water partition coefficient (Wildman–Crippen LogP) is 3.06. The van der Waals surface area contributed by atoms with Crippen molar-refractivity contribution in [3.63, 3.8) is 0 Å². The van der Waals surface area contributed by atoms with E-state index in [0.29, 0.717) is 18.7 Å². The summed E-state index contributed by atoms with van der Waals surface area (Å²) in [7, 11) is -3.72. The van der Waals surface area contributed by atoms with Gasteiger partial charge in [0.1, 0.15) is 5.75 Å². The fraction of sp³-hybridized carbons (Fsp3) is 0.400. The molecule has 1 unspecified atom stereocenters. The SMILES string of the molecule is Cc1cc(S(=O)(=O)N2CCc3ccccc3C2CO)ccc1OC(C)C. The third-order valence-corrected chi connectivity index (χ3v) is 6.56. The molecule has 26 heavy (non-hydrogen) atoms. The second kappa shape index (κ2) is 7.39. The number of aliphatic hydroxyl groups excluding tert-OH is 1. The van der Waals surface area contributed by atoms with E-state index in [9.17, 15) is 13.5 Å². The van der Waals surface area contributed by atoms with Crippen molar-refractivity contribution in [3.8, 4) is 5.75 Å². The van der Waals surface area contributed by atoms with Crippen molar-refractivity contribution < 1.29 is 18.3 Å². The maximum absolute atomic E-state index is 13.2. The van der Waals surface area contributed by atoms with Gasteiger partial charge in [0.25, 0.3) is 0 Å². The van der Waals surface area contributed by atoms with Crippen molar-refractivity contribution in [2.24, 2.45) is 0 Å². The van der Waals surface area contributed by atoms with Crippen LogP contribution in [0.15, 0.2) is 47.4 Å². The molecule has 0 saturated carbocycles. The van der Waals surface area contributed by atoms with Crippen molar-refractivity contribution in [2.45, 2.75) is 44.2 Å². The number of fused-ring (bicyclic) bond motifs is 1. The van der Waals surface area contributed by atoms with E-state index in [0.717, 1.165) is 16.7 Å². The molecule has 2 aromatic carbocycles. The van der Waals surface area contributed by atoms with Crippen LogP contribution in [0.25, 0.3) is 0 Å². The van der Waals surface area contributed by atoms with Crippen LogP contribution in [-0.2, 0) is 16.4 Å². The summed E-state index contributed by atoms with van der Waals surface area (Å²) < 4.78 is 33.6. The van der Waals surface area contributed by atoms with Crippen LogP contribution < -0.4 is 4.74 Å². The summed E-state index contributed by atoms with van der Waals surface area (Å²) >= 11 is 0. The fourth-order valence-electron chi connectivity index (χ4n) is 3.41. The summed E-state index contributed by atoms with van der Waals surface area (Å²) in [5, 5.41) is 9.89. The number of sulfonamides is 1. The summed E-state index contributed by atoms with van der Waals surface area (Å²) in [6.07, 6.45) is 0.660. The normalized spacial score (nSPS) is 18.0. The van der Waals surface area contributed by atoms with E-state index < -0.39 is 16.1 Å². The van der Waals surface area contributed by atoms with Gasteiger partial charge in [-0.2, -0.15) is 4.31 Å². The molecule has 0 fully saturated rings. The molecular weight excluding hydrogens is 350 g/mol. The minimum atomic E-state index is -3.72. The van der Waals surface area contributed by atoms with E-state index in [1.807, 2.05) is 45.0 Å². The van der Waals surface area contributed by atoms with Gasteiger partial charge in [0.15, 0.2) is 0 Å². The predicted molar refractivity (Wildman–Crippen MR) is 101 cm³/mol. The summed E-state index contributed by atoms with van der Waals surface area (Å²) in [6, 6.07) is 12.1. The van der Waals surface area contributed by atoms with E-state index in [1.54, 1.807) is 18.2 Å². The highest BCUT2D eigenvalue weighted by Crippen LogP contribution is 2.34. The van der Waals surface area contributed by atoms with Crippen LogP contribution in [0.1, 0.15) is 36.6 Å². The first kappa shape index (κ1) is 18.9. The van der Waals surface area contributed by atoms with Crippen LogP contribution in [0, 0.1) is 6.92 Å². The van der Waals surface area contributed by atoms with Crippen molar-refractivity contribution in [2.75, 3.05) is 13.2 Å². The number of hydrogen-bond acceptors (Lipinski definition) is 4. The summed E-state index contributed by atoms with van der Waals surface area (Å²) in [4.78, 5) is 0.226. The standard InChI is InChI=1S/C20H25NO4S/c1-14(2)25-20-9-8-17(12-15(20)3)26(23,24)21-11-10-16-6-4-5-7-18(16)19(21)13-22/h4-9,12,14,19,22H,10-11,13H2,1-3H3. The molecule has 0 radical (unpaired) electrons. The van der Waals surface area contributed by atoms with Gasteiger partial charge in [0.05, 0.1) is 23.6 Å². The lowest BCUT2D eigenvalue weighted by atomic mass is 9.95. The zero-order valence-corrected chi connectivity index (χ0v) is 16.2. The number of aliphatic hydroxyl groups is 1. The second-order valence-corrected chi connectivity index (χ2v) is 8.75. The van der Waals surface area contributed by atoms with E-state index in [1.165, 1.54) is 4.31 Å². The monoisotopic (exact) mass is 375 g/mol. The van der Waals surface area contributed by atoms with Gasteiger partial charge in [-0.15, -0.1) is 0 Å². The minimum absolute atomic E-state index is 0.0218. The first-order chi connectivity index (χ1) is 12.3. The van der Waals surface area contributed by atoms with Gasteiger partial charge < -0.3 is 9.84 Å². The first-order valence-electron chi connectivity index (χ1n) is 8.82. The Bertz CT molecular complexity index is 892. The summed E-state index contributed by atoms with van der Waals surface area (Å²) in [5.41, 5.74) is 2.74. The lowest BCUT2D eigenvalue weighted by molar-refractivity contribution is 0.180. The van der Waals surface area contributed by atoms with Crippen molar-refractivity contribution in [1.29, 1.82) is 0 Å². The first-order valence-corrected chi connectivity index (χ1v) is 10.3. The zero-order chi connectivity index (χ0) is 18.9. The Morgan fingerprint density at radius 1 is 1.23 bits per heavy atom. The van der Waals surface area contributed by atoms with Crippen LogP contribution in [0.3, 0.4) is 0 Å². The number of aryl methyl sites for hydroxylation is 1. The quantitative estimate of drug-likeness (QED) is 0.872. The van der Waals surface area contributed by atoms with Gasteiger partial charge >= 0.3 is 0 Å². The molecule has 6 heteroatoms. The van der Waals surface area contributed by atoms with Crippen LogP contribution in [0.5, 0.6) is 5.75 Å². The van der Waals surface area contributed by atoms with E-state index in [-0.39, 0.29) is 17.6 Å². The molecule has 0 aliphatic carbocycles. The molecule has 1 atom stereocenters. The van der Waals surface area contributed by atoms with Crippen LogP contribution in [0.2, 0.25) is 0 Å². The molecule has 1 N–H and O–H groups in total. The highest BCUT2D eigenvalue weighted by molar-refractivity contribution is 7.89. The van der Waals surface area contributed by atoms with Gasteiger partial charge in [0, 0.05) is 6.54 Å². The molecule has 2 aromatic rings. The Morgan fingerprint density at radius 2 is 1.96 bits per heavy atom. The average Bonchev–Trinajstić information content (AvgIpc) is 2.61. The minimum Gasteiger partial charge on any atom is -0.491 e. The molecule has 1 aliphatic rings. The number of nitrogens with zero attached hydrogens (tertiary/aromatic N) is 1. The molecule has 0 amide bonds. The van der Waals surface area contributed by atoms with Gasteiger partial charge in [-0.3, -0.25) is 0 Å². The Balaban J connectivity index is 1.97. The Kier molecular flexibility index (Phi) is 5.37. The molecule has 0 saturated heterocycles. The average molecular weight is 375 g/mol. The lowest BCUT2D eigenvalue weighted by Gasteiger charge is -2.35. The van der Waals surface area contributed by atoms with Crippen LogP contribution >= 0.6 is 0 Å². The molecule has 0 bridgehead atoms. The number of rotatable bonds is 5. The Morgan fingerprint density at radius 3 is 2.62 bits per heavy atom. The number of ether oxygens (including phenoxy) is 1. The molecule has 1 aliphatic heterocycles. The van der Waals surface area contributed by atoms with Gasteiger partial charge in [-0.1, -0.05) is 24.3 Å². The fourth-order valence-corrected chi connectivity index (χ4v) is 5.09. The van der Waals surface area contributed by atoms with E-state index in [2.05, 4.69) is 0 Å². The van der Waals surface area contributed by atoms with E-state index in [4.69, 9.17) is 4.74 Å². The maximum atomic E-state index is 13.2. The third kappa shape index (κ3) is 3.49. The molecule has 0 aromatic heterocycles. The van der Waals surface area contributed by atoms with Crippen LogP contribution in [0.4, 0.5) is 0 Å². The van der Waals surface area contributed by atoms with Gasteiger partial charge in [-0.05, 0) is 62.1 Å².